The third-order valence-corrected chi connectivity index (χ3v) is 3.72. The Kier molecular flexibility index (Phi) is 3.95. The number of ether oxygens (including phenoxy) is 1. The zero-order chi connectivity index (χ0) is 14.0. The number of amides is 1. The van der Waals surface area contributed by atoms with Crippen LogP contribution in [0.2, 0.25) is 0 Å². The highest BCUT2D eigenvalue weighted by atomic mass is 16.5. The van der Waals surface area contributed by atoms with Crippen LogP contribution in [0, 0.1) is 5.92 Å². The lowest BCUT2D eigenvalue weighted by atomic mass is 9.95. The van der Waals surface area contributed by atoms with Gasteiger partial charge in [-0.1, -0.05) is 13.0 Å². The molecule has 0 aliphatic carbocycles. The molecule has 1 aromatic carbocycles. The monoisotopic (exact) mass is 264 g/mol. The van der Waals surface area contributed by atoms with Crippen LogP contribution in [0.4, 0.5) is 5.69 Å². The first-order valence-electron chi connectivity index (χ1n) is 6.44. The van der Waals surface area contributed by atoms with Crippen LogP contribution in [0.5, 0.6) is 5.75 Å². The van der Waals surface area contributed by atoms with Crippen molar-refractivity contribution in [3.63, 3.8) is 0 Å². The van der Waals surface area contributed by atoms with Gasteiger partial charge in [-0.05, 0) is 24.5 Å². The number of carbonyl (C=O) groups is 1. The average Bonchev–Trinajstić information content (AvgIpc) is 2.41. The molecule has 3 N–H and O–H groups in total. The van der Waals surface area contributed by atoms with Crippen molar-refractivity contribution in [3.05, 3.63) is 23.8 Å². The van der Waals surface area contributed by atoms with E-state index in [-0.39, 0.29) is 11.8 Å². The van der Waals surface area contributed by atoms with Crippen LogP contribution >= 0.6 is 0 Å². The van der Waals surface area contributed by atoms with Gasteiger partial charge in [0, 0.05) is 13.1 Å². The topological polar surface area (TPSA) is 75.8 Å². The van der Waals surface area contributed by atoms with E-state index in [4.69, 9.17) is 10.5 Å². The number of β-amino-alcohol motifs (C(OH)–C–C–N with tert-alkyl or cyclic N) is 1. The van der Waals surface area contributed by atoms with Crippen LogP contribution < -0.4 is 10.5 Å². The van der Waals surface area contributed by atoms with Crippen LogP contribution in [-0.4, -0.2) is 42.2 Å². The zero-order valence-corrected chi connectivity index (χ0v) is 11.3. The number of piperidine rings is 1. The Labute approximate surface area is 113 Å². The minimum atomic E-state index is -0.468. The van der Waals surface area contributed by atoms with Gasteiger partial charge in [0.05, 0.1) is 24.5 Å². The molecule has 1 saturated heterocycles. The lowest BCUT2D eigenvalue weighted by Crippen LogP contribution is -2.46. The number of para-hydroxylation sites is 1. The van der Waals surface area contributed by atoms with E-state index in [1.54, 1.807) is 23.1 Å². The summed E-state index contributed by atoms with van der Waals surface area (Å²) >= 11 is 0. The summed E-state index contributed by atoms with van der Waals surface area (Å²) in [6.07, 6.45) is 0.334. The standard InChI is InChI=1S/C14H20N2O3/c1-9-6-7-16(8-11(9)17)14(18)10-4-3-5-12(19-2)13(10)15/h3-5,9,11,17H,6-8,15H2,1-2H3. The lowest BCUT2D eigenvalue weighted by molar-refractivity contribution is 0.0249. The van der Waals surface area contributed by atoms with Crippen molar-refractivity contribution in [2.45, 2.75) is 19.4 Å². The molecular formula is C14H20N2O3. The number of nitrogen functional groups attached to an aromatic ring is 1. The SMILES string of the molecule is COc1cccc(C(=O)N2CCC(C)C(O)C2)c1N. The number of nitrogens with two attached hydrogens (primary N) is 1. The van der Waals surface area contributed by atoms with Gasteiger partial charge in [-0.25, -0.2) is 0 Å². The Morgan fingerprint density at radius 1 is 1.53 bits per heavy atom. The normalized spacial score (nSPS) is 23.2. The molecule has 0 radical (unpaired) electrons. The molecule has 1 aliphatic rings. The highest BCUT2D eigenvalue weighted by Gasteiger charge is 2.29. The number of likely N-dealkylation sites (tertiary alicyclic amines) is 1. The molecule has 1 fully saturated rings. The molecule has 1 aromatic rings. The van der Waals surface area contributed by atoms with Crippen molar-refractivity contribution < 1.29 is 14.6 Å². The fourth-order valence-electron chi connectivity index (χ4n) is 2.31. The quantitative estimate of drug-likeness (QED) is 0.785. The summed E-state index contributed by atoms with van der Waals surface area (Å²) in [5, 5.41) is 9.86. The van der Waals surface area contributed by atoms with E-state index in [1.807, 2.05) is 6.92 Å². The molecule has 1 heterocycles. The number of rotatable bonds is 2. The number of anilines is 1. The van der Waals surface area contributed by atoms with E-state index in [1.165, 1.54) is 7.11 Å². The van der Waals surface area contributed by atoms with Gasteiger partial charge in [0.2, 0.25) is 0 Å². The Balaban J connectivity index is 2.20. The smallest absolute Gasteiger partial charge is 0.256 e. The van der Waals surface area contributed by atoms with E-state index in [9.17, 15) is 9.90 Å². The molecule has 104 valence electrons. The Hall–Kier alpha value is -1.75. The number of aliphatic hydroxyl groups is 1. The molecule has 0 bridgehead atoms. The van der Waals surface area contributed by atoms with Crippen molar-refractivity contribution >= 4 is 11.6 Å². The molecule has 2 rings (SSSR count). The Bertz CT molecular complexity index is 476. The number of methoxy groups -OCH3 is 1. The molecule has 1 aliphatic heterocycles. The summed E-state index contributed by atoms with van der Waals surface area (Å²) in [4.78, 5) is 14.1. The predicted octanol–water partition coefficient (Wildman–Crippen LogP) is 1.12. The number of hydrogen-bond donors (Lipinski definition) is 2. The summed E-state index contributed by atoms with van der Waals surface area (Å²) in [6.45, 7) is 3.00. The minimum Gasteiger partial charge on any atom is -0.495 e. The lowest BCUT2D eigenvalue weighted by Gasteiger charge is -2.34. The van der Waals surface area contributed by atoms with Crippen molar-refractivity contribution in [1.82, 2.24) is 4.90 Å². The fourth-order valence-corrected chi connectivity index (χ4v) is 2.31. The molecule has 2 unspecified atom stereocenters. The minimum absolute atomic E-state index is 0.151. The number of hydrogen-bond acceptors (Lipinski definition) is 4. The summed E-state index contributed by atoms with van der Waals surface area (Å²) < 4.78 is 5.12. The van der Waals surface area contributed by atoms with Crippen LogP contribution in [0.15, 0.2) is 18.2 Å². The van der Waals surface area contributed by atoms with Gasteiger partial charge < -0.3 is 20.5 Å². The first-order chi connectivity index (χ1) is 9.04. The number of aliphatic hydroxyl groups excluding tert-OH is 1. The van der Waals surface area contributed by atoms with Crippen LogP contribution in [-0.2, 0) is 0 Å². The van der Waals surface area contributed by atoms with Gasteiger partial charge in [0.1, 0.15) is 5.75 Å². The molecule has 0 spiro atoms. The second kappa shape index (κ2) is 5.48. The maximum Gasteiger partial charge on any atom is 0.256 e. The first kappa shape index (κ1) is 13.7. The molecule has 5 heteroatoms. The van der Waals surface area contributed by atoms with Gasteiger partial charge in [0.15, 0.2) is 0 Å². The van der Waals surface area contributed by atoms with E-state index in [0.29, 0.717) is 30.1 Å². The Morgan fingerprint density at radius 3 is 2.89 bits per heavy atom. The summed E-state index contributed by atoms with van der Waals surface area (Å²) in [5.41, 5.74) is 6.71. The van der Waals surface area contributed by atoms with Crippen LogP contribution in [0.25, 0.3) is 0 Å². The third-order valence-electron chi connectivity index (χ3n) is 3.72. The van der Waals surface area contributed by atoms with E-state index in [0.717, 1.165) is 6.42 Å². The number of nitrogens with zero attached hydrogens (tertiary/aromatic N) is 1. The van der Waals surface area contributed by atoms with Crippen molar-refractivity contribution in [2.24, 2.45) is 5.92 Å². The van der Waals surface area contributed by atoms with E-state index >= 15 is 0 Å². The third kappa shape index (κ3) is 2.66. The summed E-state index contributed by atoms with van der Waals surface area (Å²) in [7, 11) is 1.52. The summed E-state index contributed by atoms with van der Waals surface area (Å²) in [6, 6.07) is 5.15. The highest BCUT2D eigenvalue weighted by molar-refractivity contribution is 6.00. The Morgan fingerprint density at radius 2 is 2.26 bits per heavy atom. The second-order valence-corrected chi connectivity index (χ2v) is 5.01. The molecule has 5 nitrogen and oxygen atoms in total. The van der Waals surface area contributed by atoms with E-state index in [2.05, 4.69) is 0 Å². The van der Waals surface area contributed by atoms with Crippen LogP contribution in [0.3, 0.4) is 0 Å². The van der Waals surface area contributed by atoms with Crippen molar-refractivity contribution in [1.29, 1.82) is 0 Å². The molecule has 1 amide bonds. The largest absolute Gasteiger partial charge is 0.495 e. The fraction of sp³-hybridized carbons (Fsp3) is 0.500. The first-order valence-corrected chi connectivity index (χ1v) is 6.44. The molecule has 0 aromatic heterocycles. The van der Waals surface area contributed by atoms with Gasteiger partial charge in [-0.2, -0.15) is 0 Å². The highest BCUT2D eigenvalue weighted by Crippen LogP contribution is 2.27. The van der Waals surface area contributed by atoms with Gasteiger partial charge in [-0.3, -0.25) is 4.79 Å². The number of benzene rings is 1. The molecular weight excluding hydrogens is 244 g/mol. The maximum atomic E-state index is 12.4. The predicted molar refractivity (Wildman–Crippen MR) is 73.1 cm³/mol. The van der Waals surface area contributed by atoms with Gasteiger partial charge in [-0.15, -0.1) is 0 Å². The second-order valence-electron chi connectivity index (χ2n) is 5.01. The van der Waals surface area contributed by atoms with Crippen LogP contribution in [0.1, 0.15) is 23.7 Å². The van der Waals surface area contributed by atoms with Crippen molar-refractivity contribution in [3.8, 4) is 5.75 Å². The number of carbonyl (C=O) groups excluding carboxylic acids is 1. The van der Waals surface area contributed by atoms with Crippen molar-refractivity contribution in [2.75, 3.05) is 25.9 Å². The molecule has 2 atom stereocenters. The molecule has 0 saturated carbocycles. The summed E-state index contributed by atoms with van der Waals surface area (Å²) in [5.74, 6) is 0.575. The zero-order valence-electron chi connectivity index (χ0n) is 11.3. The average molecular weight is 264 g/mol. The maximum absolute atomic E-state index is 12.4. The van der Waals surface area contributed by atoms with Gasteiger partial charge in [0.25, 0.3) is 5.91 Å². The van der Waals surface area contributed by atoms with E-state index < -0.39 is 6.10 Å². The van der Waals surface area contributed by atoms with Gasteiger partial charge >= 0.3 is 0 Å². The molecule has 19 heavy (non-hydrogen) atoms.